The van der Waals surface area contributed by atoms with Crippen LogP contribution in [0.1, 0.15) is 53.4 Å². The lowest BCUT2D eigenvalue weighted by Crippen LogP contribution is -2.49. The molecule has 1 aliphatic carbocycles. The van der Waals surface area contributed by atoms with E-state index in [1.54, 1.807) is 30.6 Å². The van der Waals surface area contributed by atoms with Crippen LogP contribution in [-0.4, -0.2) is 35.3 Å². The van der Waals surface area contributed by atoms with Crippen molar-refractivity contribution >= 4 is 23.4 Å². The van der Waals surface area contributed by atoms with Gasteiger partial charge in [-0.3, -0.25) is 24.3 Å². The van der Waals surface area contributed by atoms with Crippen molar-refractivity contribution in [2.24, 2.45) is 0 Å². The molecule has 8 heteroatoms. The Labute approximate surface area is 198 Å². The van der Waals surface area contributed by atoms with Gasteiger partial charge in [-0.25, -0.2) is 0 Å². The number of hydrogen-bond acceptors (Lipinski definition) is 5. The van der Waals surface area contributed by atoms with Crippen molar-refractivity contribution in [2.45, 2.75) is 44.7 Å². The predicted octanol–water partition coefficient (Wildman–Crippen LogP) is 3.55. The van der Waals surface area contributed by atoms with Crippen LogP contribution in [0.4, 0.5) is 5.69 Å². The summed E-state index contributed by atoms with van der Waals surface area (Å²) in [5.74, 6) is -1.10. The van der Waals surface area contributed by atoms with E-state index in [0.717, 1.165) is 31.2 Å². The molecule has 1 fully saturated rings. The third kappa shape index (κ3) is 5.33. The molecule has 0 spiro atoms. The zero-order valence-corrected chi connectivity index (χ0v) is 19.1. The molecule has 3 aromatic rings. The molecule has 1 atom stereocenters. The number of rotatable bonds is 8. The summed E-state index contributed by atoms with van der Waals surface area (Å²) in [7, 11) is 0. The Bertz CT molecular complexity index is 1120. The van der Waals surface area contributed by atoms with E-state index in [0.29, 0.717) is 11.3 Å². The minimum atomic E-state index is -0.918. The lowest BCUT2D eigenvalue weighted by Gasteiger charge is -2.33. The zero-order chi connectivity index (χ0) is 23.9. The fourth-order valence-electron chi connectivity index (χ4n) is 4.31. The van der Waals surface area contributed by atoms with Crippen LogP contribution < -0.4 is 15.5 Å². The first kappa shape index (κ1) is 23.2. The molecule has 0 saturated heterocycles. The summed E-state index contributed by atoms with van der Waals surface area (Å²) in [6.07, 6.45) is 8.53. The first-order chi connectivity index (χ1) is 16.5. The van der Waals surface area contributed by atoms with Crippen LogP contribution in [0.25, 0.3) is 0 Å². The van der Waals surface area contributed by atoms with Gasteiger partial charge in [-0.2, -0.15) is 0 Å². The molecule has 0 radical (unpaired) electrons. The van der Waals surface area contributed by atoms with Crippen molar-refractivity contribution < 1.29 is 18.8 Å². The quantitative estimate of drug-likeness (QED) is 0.535. The SMILES string of the molecule is Cc1ccccc1[C@@H](C(=O)NC1CCCC1)N(C(=O)CNC(=O)c1ccco1)c1cccnc1. The van der Waals surface area contributed by atoms with Gasteiger partial charge in [0.1, 0.15) is 6.04 Å². The smallest absolute Gasteiger partial charge is 0.287 e. The molecule has 8 nitrogen and oxygen atoms in total. The first-order valence-corrected chi connectivity index (χ1v) is 11.4. The molecule has 4 rings (SSSR count). The second kappa shape index (κ2) is 10.8. The molecule has 2 heterocycles. The summed E-state index contributed by atoms with van der Waals surface area (Å²) in [5.41, 5.74) is 2.07. The molecule has 0 unspecified atom stereocenters. The van der Waals surface area contributed by atoms with E-state index in [4.69, 9.17) is 4.42 Å². The zero-order valence-electron chi connectivity index (χ0n) is 19.1. The number of nitrogens with one attached hydrogen (secondary N) is 2. The Kier molecular flexibility index (Phi) is 7.37. The number of nitrogens with zero attached hydrogens (tertiary/aromatic N) is 2. The van der Waals surface area contributed by atoms with Crippen molar-refractivity contribution in [3.8, 4) is 0 Å². The van der Waals surface area contributed by atoms with Crippen LogP contribution in [0.3, 0.4) is 0 Å². The van der Waals surface area contributed by atoms with Crippen LogP contribution >= 0.6 is 0 Å². The van der Waals surface area contributed by atoms with Gasteiger partial charge in [0, 0.05) is 12.2 Å². The van der Waals surface area contributed by atoms with Gasteiger partial charge in [0.05, 0.1) is 24.7 Å². The van der Waals surface area contributed by atoms with Crippen LogP contribution in [0, 0.1) is 6.92 Å². The van der Waals surface area contributed by atoms with Crippen molar-refractivity contribution in [1.29, 1.82) is 0 Å². The highest BCUT2D eigenvalue weighted by Gasteiger charge is 2.35. The van der Waals surface area contributed by atoms with Gasteiger partial charge in [0.25, 0.3) is 5.91 Å². The van der Waals surface area contributed by atoms with Crippen LogP contribution in [0.5, 0.6) is 0 Å². The van der Waals surface area contributed by atoms with E-state index in [1.807, 2.05) is 31.2 Å². The van der Waals surface area contributed by atoms with E-state index in [2.05, 4.69) is 15.6 Å². The number of anilines is 1. The average Bonchev–Trinajstić information content (AvgIpc) is 3.56. The Hall–Kier alpha value is -3.94. The van der Waals surface area contributed by atoms with Crippen molar-refractivity contribution in [3.05, 3.63) is 84.1 Å². The second-order valence-corrected chi connectivity index (χ2v) is 8.38. The third-order valence-electron chi connectivity index (χ3n) is 6.03. The highest BCUT2D eigenvalue weighted by molar-refractivity contribution is 6.04. The Morgan fingerprint density at radius 3 is 2.56 bits per heavy atom. The Balaban J connectivity index is 1.67. The van der Waals surface area contributed by atoms with E-state index in [9.17, 15) is 14.4 Å². The maximum Gasteiger partial charge on any atom is 0.287 e. The summed E-state index contributed by atoms with van der Waals surface area (Å²) >= 11 is 0. The molecule has 176 valence electrons. The summed E-state index contributed by atoms with van der Waals surface area (Å²) in [4.78, 5) is 45.2. The van der Waals surface area contributed by atoms with Crippen molar-refractivity contribution in [3.63, 3.8) is 0 Å². The monoisotopic (exact) mass is 460 g/mol. The van der Waals surface area contributed by atoms with Gasteiger partial charge in [0.15, 0.2) is 5.76 Å². The molecule has 3 amide bonds. The standard InChI is InChI=1S/C26H28N4O4/c1-18-8-2-5-12-21(18)24(26(33)29-19-9-3-4-10-19)30(20-11-6-14-27-16-20)23(31)17-28-25(32)22-13-7-15-34-22/h2,5-8,11-16,19,24H,3-4,9-10,17H2,1H3,(H,28,32)(H,29,33)/t24-/m0/s1. The molecule has 1 saturated carbocycles. The van der Waals surface area contributed by atoms with Gasteiger partial charge in [-0.15, -0.1) is 0 Å². The summed E-state index contributed by atoms with van der Waals surface area (Å²) in [6, 6.07) is 13.2. The second-order valence-electron chi connectivity index (χ2n) is 8.38. The summed E-state index contributed by atoms with van der Waals surface area (Å²) in [6.45, 7) is 1.60. The largest absolute Gasteiger partial charge is 0.459 e. The molecule has 1 aliphatic rings. The molecular weight excluding hydrogens is 432 g/mol. The molecule has 0 bridgehead atoms. The van der Waals surface area contributed by atoms with E-state index < -0.39 is 17.9 Å². The highest BCUT2D eigenvalue weighted by Crippen LogP contribution is 2.30. The van der Waals surface area contributed by atoms with Crippen molar-refractivity contribution in [1.82, 2.24) is 15.6 Å². The molecule has 2 aromatic heterocycles. The predicted molar refractivity (Wildman–Crippen MR) is 127 cm³/mol. The lowest BCUT2D eigenvalue weighted by atomic mass is 9.98. The fourth-order valence-corrected chi connectivity index (χ4v) is 4.31. The molecule has 2 N–H and O–H groups in total. The lowest BCUT2D eigenvalue weighted by molar-refractivity contribution is -0.126. The minimum absolute atomic E-state index is 0.0866. The fraction of sp³-hybridized carbons (Fsp3) is 0.308. The Morgan fingerprint density at radius 1 is 1.09 bits per heavy atom. The van der Waals surface area contributed by atoms with E-state index in [1.165, 1.54) is 17.2 Å². The van der Waals surface area contributed by atoms with Gasteiger partial charge < -0.3 is 15.1 Å². The average molecular weight is 461 g/mol. The van der Waals surface area contributed by atoms with Gasteiger partial charge in [0.2, 0.25) is 11.8 Å². The molecule has 0 aliphatic heterocycles. The maximum absolute atomic E-state index is 13.7. The van der Waals surface area contributed by atoms with Gasteiger partial charge >= 0.3 is 0 Å². The number of carbonyl (C=O) groups is 3. The van der Waals surface area contributed by atoms with E-state index >= 15 is 0 Å². The summed E-state index contributed by atoms with van der Waals surface area (Å²) < 4.78 is 5.11. The third-order valence-corrected chi connectivity index (χ3v) is 6.03. The minimum Gasteiger partial charge on any atom is -0.459 e. The molecular formula is C26H28N4O4. The number of furan rings is 1. The number of benzene rings is 1. The molecule has 34 heavy (non-hydrogen) atoms. The van der Waals surface area contributed by atoms with Crippen molar-refractivity contribution in [2.75, 3.05) is 11.4 Å². The maximum atomic E-state index is 13.7. The van der Waals surface area contributed by atoms with Crippen LogP contribution in [0.2, 0.25) is 0 Å². The van der Waals surface area contributed by atoms with E-state index in [-0.39, 0.29) is 24.3 Å². The van der Waals surface area contributed by atoms with Gasteiger partial charge in [-0.05, 0) is 55.2 Å². The van der Waals surface area contributed by atoms with Gasteiger partial charge in [-0.1, -0.05) is 37.1 Å². The molecule has 1 aromatic carbocycles. The number of pyridine rings is 1. The van der Waals surface area contributed by atoms with Crippen LogP contribution in [0.15, 0.2) is 71.6 Å². The first-order valence-electron chi connectivity index (χ1n) is 11.4. The number of aryl methyl sites for hydroxylation is 1. The number of amides is 3. The number of carbonyl (C=O) groups excluding carboxylic acids is 3. The number of aromatic nitrogens is 1. The topological polar surface area (TPSA) is 105 Å². The summed E-state index contributed by atoms with van der Waals surface area (Å²) in [5, 5.41) is 5.73. The Morgan fingerprint density at radius 2 is 1.88 bits per heavy atom. The van der Waals surface area contributed by atoms with Crippen LogP contribution in [-0.2, 0) is 9.59 Å². The number of hydrogen-bond donors (Lipinski definition) is 2. The highest BCUT2D eigenvalue weighted by atomic mass is 16.3. The normalized spacial score (nSPS) is 14.4.